The Morgan fingerprint density at radius 3 is 2.65 bits per heavy atom. The number of aromatic nitrogens is 2. The molecular weight excluding hydrogens is 320 g/mol. The predicted octanol–water partition coefficient (Wildman–Crippen LogP) is 3.32. The van der Waals surface area contributed by atoms with E-state index in [-0.39, 0.29) is 6.04 Å². The van der Waals surface area contributed by atoms with Crippen LogP contribution in [0.1, 0.15) is 22.6 Å². The lowest BCUT2D eigenvalue weighted by Gasteiger charge is -2.18. The van der Waals surface area contributed by atoms with Crippen molar-refractivity contribution in [1.29, 1.82) is 0 Å². The fourth-order valence-electron chi connectivity index (χ4n) is 3.99. The zero-order chi connectivity index (χ0) is 18.1. The summed E-state index contributed by atoms with van der Waals surface area (Å²) in [5, 5.41) is 4.34. The highest BCUT2D eigenvalue weighted by molar-refractivity contribution is 5.67. The number of rotatable bonds is 4. The van der Waals surface area contributed by atoms with E-state index >= 15 is 0 Å². The zero-order valence-electron chi connectivity index (χ0n) is 15.5. The molecule has 1 aromatic heterocycles. The first-order valence-electron chi connectivity index (χ1n) is 9.21. The summed E-state index contributed by atoms with van der Waals surface area (Å²) in [5.41, 5.74) is 12.9. The summed E-state index contributed by atoms with van der Waals surface area (Å²) in [6.45, 7) is 4.99. The van der Waals surface area contributed by atoms with Crippen LogP contribution in [0.4, 0.5) is 0 Å². The van der Waals surface area contributed by atoms with Crippen LogP contribution in [0.15, 0.2) is 60.9 Å². The Morgan fingerprint density at radius 2 is 1.92 bits per heavy atom. The van der Waals surface area contributed by atoms with E-state index in [0.29, 0.717) is 5.92 Å². The monoisotopic (exact) mass is 346 g/mol. The normalized spacial score (nSPS) is 20.6. The van der Waals surface area contributed by atoms with Gasteiger partial charge in [-0.15, -0.1) is 0 Å². The molecule has 4 rings (SSSR count). The van der Waals surface area contributed by atoms with Crippen molar-refractivity contribution in [1.82, 2.24) is 14.7 Å². The summed E-state index contributed by atoms with van der Waals surface area (Å²) in [6, 6.07) is 17.5. The summed E-state index contributed by atoms with van der Waals surface area (Å²) in [4.78, 5) is 2.48. The van der Waals surface area contributed by atoms with Gasteiger partial charge in [0.2, 0.25) is 0 Å². The second-order valence-corrected chi connectivity index (χ2v) is 7.44. The molecular formula is C22H26N4. The maximum Gasteiger partial charge on any atom is 0.0568 e. The molecule has 0 spiro atoms. The lowest BCUT2D eigenvalue weighted by molar-refractivity contribution is 0.324. The van der Waals surface area contributed by atoms with Gasteiger partial charge in [-0.25, -0.2) is 0 Å². The molecule has 0 amide bonds. The van der Waals surface area contributed by atoms with E-state index in [1.54, 1.807) is 0 Å². The summed E-state index contributed by atoms with van der Waals surface area (Å²) in [7, 11) is 1.96. The highest BCUT2D eigenvalue weighted by Gasteiger charge is 2.31. The van der Waals surface area contributed by atoms with Crippen molar-refractivity contribution in [2.45, 2.75) is 25.4 Å². The zero-order valence-corrected chi connectivity index (χ0v) is 15.5. The molecule has 26 heavy (non-hydrogen) atoms. The van der Waals surface area contributed by atoms with Crippen molar-refractivity contribution < 1.29 is 0 Å². The maximum atomic E-state index is 6.48. The highest BCUT2D eigenvalue weighted by atomic mass is 15.2. The third kappa shape index (κ3) is 3.43. The van der Waals surface area contributed by atoms with Crippen molar-refractivity contribution in [3.05, 3.63) is 77.6 Å². The fraction of sp³-hybridized carbons (Fsp3) is 0.318. The van der Waals surface area contributed by atoms with Gasteiger partial charge >= 0.3 is 0 Å². The van der Waals surface area contributed by atoms with Gasteiger partial charge in [-0.1, -0.05) is 54.1 Å². The molecule has 4 nitrogen and oxygen atoms in total. The van der Waals surface area contributed by atoms with Crippen LogP contribution in [0.2, 0.25) is 0 Å². The van der Waals surface area contributed by atoms with E-state index in [1.165, 1.54) is 27.8 Å². The number of nitrogens with zero attached hydrogens (tertiary/aromatic N) is 3. The Hall–Kier alpha value is -2.43. The molecule has 0 saturated carbocycles. The smallest absolute Gasteiger partial charge is 0.0568 e. The van der Waals surface area contributed by atoms with Crippen LogP contribution >= 0.6 is 0 Å². The Bertz CT molecular complexity index is 884. The quantitative estimate of drug-likeness (QED) is 0.788. The standard InChI is InChI=1S/C22H26N4/c1-16-8-9-18(20(10-16)19-11-24-25(2)12-19)13-26-14-21(22(23)15-26)17-6-4-3-5-7-17/h3-12,21-22H,13-15,23H2,1-2H3/t21-,22+/m0/s1. The average molecular weight is 346 g/mol. The van der Waals surface area contributed by atoms with Crippen LogP contribution in [-0.2, 0) is 13.6 Å². The van der Waals surface area contributed by atoms with Crippen LogP contribution in [0, 0.1) is 6.92 Å². The Balaban J connectivity index is 1.57. The number of hydrogen-bond acceptors (Lipinski definition) is 3. The SMILES string of the molecule is Cc1ccc(CN2C[C@@H](N)[C@H](c3ccccc3)C2)c(-c2cnn(C)c2)c1. The van der Waals surface area contributed by atoms with E-state index in [1.807, 2.05) is 17.9 Å². The van der Waals surface area contributed by atoms with E-state index in [2.05, 4.69) is 71.7 Å². The molecule has 1 aliphatic rings. The number of benzene rings is 2. The van der Waals surface area contributed by atoms with Crippen LogP contribution < -0.4 is 5.73 Å². The average Bonchev–Trinajstić information content (AvgIpc) is 3.23. The minimum Gasteiger partial charge on any atom is -0.326 e. The third-order valence-electron chi connectivity index (χ3n) is 5.34. The number of aryl methyl sites for hydroxylation is 2. The largest absolute Gasteiger partial charge is 0.326 e. The van der Waals surface area contributed by atoms with E-state index in [9.17, 15) is 0 Å². The highest BCUT2D eigenvalue weighted by Crippen LogP contribution is 2.30. The molecule has 4 heteroatoms. The van der Waals surface area contributed by atoms with Crippen molar-refractivity contribution in [3.8, 4) is 11.1 Å². The van der Waals surface area contributed by atoms with Gasteiger partial charge in [-0.3, -0.25) is 9.58 Å². The molecule has 1 saturated heterocycles. The maximum absolute atomic E-state index is 6.48. The van der Waals surface area contributed by atoms with Crippen molar-refractivity contribution in [3.63, 3.8) is 0 Å². The number of likely N-dealkylation sites (tertiary alicyclic amines) is 1. The van der Waals surface area contributed by atoms with Crippen LogP contribution in [0.3, 0.4) is 0 Å². The Kier molecular flexibility index (Phi) is 4.62. The molecule has 0 unspecified atom stereocenters. The van der Waals surface area contributed by atoms with Gasteiger partial charge in [-0.2, -0.15) is 5.10 Å². The van der Waals surface area contributed by atoms with Crippen molar-refractivity contribution >= 4 is 0 Å². The van der Waals surface area contributed by atoms with E-state index in [4.69, 9.17) is 5.73 Å². The fourth-order valence-corrected chi connectivity index (χ4v) is 3.99. The van der Waals surface area contributed by atoms with Crippen LogP contribution in [-0.4, -0.2) is 33.8 Å². The first kappa shape index (κ1) is 17.0. The summed E-state index contributed by atoms with van der Waals surface area (Å²) in [6.07, 6.45) is 4.03. The molecule has 1 aliphatic heterocycles. The van der Waals surface area contributed by atoms with E-state index in [0.717, 1.165) is 19.6 Å². The van der Waals surface area contributed by atoms with Gasteiger partial charge in [0.05, 0.1) is 6.20 Å². The molecule has 1 fully saturated rings. The molecule has 0 radical (unpaired) electrons. The first-order chi connectivity index (χ1) is 12.6. The molecule has 134 valence electrons. The van der Waals surface area contributed by atoms with Gasteiger partial charge < -0.3 is 5.73 Å². The van der Waals surface area contributed by atoms with Gasteiger partial charge in [-0.05, 0) is 23.6 Å². The molecule has 2 N–H and O–H groups in total. The summed E-state index contributed by atoms with van der Waals surface area (Å²) < 4.78 is 1.86. The lowest BCUT2D eigenvalue weighted by atomic mass is 9.95. The number of nitrogens with two attached hydrogens (primary N) is 1. The van der Waals surface area contributed by atoms with Crippen molar-refractivity contribution in [2.75, 3.05) is 13.1 Å². The van der Waals surface area contributed by atoms with Crippen molar-refractivity contribution in [2.24, 2.45) is 12.8 Å². The van der Waals surface area contributed by atoms with Gasteiger partial charge in [0.15, 0.2) is 0 Å². The molecule has 2 aromatic carbocycles. The topological polar surface area (TPSA) is 47.1 Å². The van der Waals surface area contributed by atoms with Crippen LogP contribution in [0.25, 0.3) is 11.1 Å². The predicted molar refractivity (Wildman–Crippen MR) is 106 cm³/mol. The lowest BCUT2D eigenvalue weighted by Crippen LogP contribution is -2.28. The van der Waals surface area contributed by atoms with Gasteiger partial charge in [0.25, 0.3) is 0 Å². The van der Waals surface area contributed by atoms with Crippen LogP contribution in [0.5, 0.6) is 0 Å². The van der Waals surface area contributed by atoms with Gasteiger partial charge in [0, 0.05) is 50.4 Å². The number of hydrogen-bond donors (Lipinski definition) is 1. The minimum atomic E-state index is 0.185. The third-order valence-corrected chi connectivity index (χ3v) is 5.34. The second kappa shape index (κ2) is 7.06. The molecule has 3 aromatic rings. The molecule has 0 bridgehead atoms. The molecule has 0 aliphatic carbocycles. The minimum absolute atomic E-state index is 0.185. The molecule has 2 atom stereocenters. The summed E-state index contributed by atoms with van der Waals surface area (Å²) in [5.74, 6) is 0.406. The summed E-state index contributed by atoms with van der Waals surface area (Å²) >= 11 is 0. The Morgan fingerprint density at radius 1 is 1.12 bits per heavy atom. The molecule has 2 heterocycles. The van der Waals surface area contributed by atoms with E-state index < -0.39 is 0 Å². The van der Waals surface area contributed by atoms with Gasteiger partial charge in [0.1, 0.15) is 0 Å². The Labute approximate surface area is 155 Å². The first-order valence-corrected chi connectivity index (χ1v) is 9.21. The second-order valence-electron chi connectivity index (χ2n) is 7.44.